The first kappa shape index (κ1) is 19.2. The number of hydrogen-bond donors (Lipinski definition) is 0. The number of rotatable bonds is 6. The van der Waals surface area contributed by atoms with Gasteiger partial charge in [-0.15, -0.1) is 0 Å². The van der Waals surface area contributed by atoms with Gasteiger partial charge in [0.15, 0.2) is 5.03 Å². The first-order valence-corrected chi connectivity index (χ1v) is 9.31. The van der Waals surface area contributed by atoms with Gasteiger partial charge >= 0.3 is 5.70 Å². The van der Waals surface area contributed by atoms with E-state index in [1.54, 1.807) is 0 Å². The van der Waals surface area contributed by atoms with Crippen LogP contribution in [0.5, 0.6) is 0 Å². The van der Waals surface area contributed by atoms with Gasteiger partial charge in [-0.3, -0.25) is 10.1 Å². The average molecular weight is 419 g/mol. The van der Waals surface area contributed by atoms with Crippen molar-refractivity contribution in [1.29, 1.82) is 0 Å². The second-order valence-corrected chi connectivity index (χ2v) is 8.05. The molecule has 0 aliphatic carbocycles. The van der Waals surface area contributed by atoms with E-state index in [4.69, 9.17) is 34.8 Å². The summed E-state index contributed by atoms with van der Waals surface area (Å²) >= 11 is 19.8. The minimum atomic E-state index is -0.575. The number of nitro groups is 1. The Hall–Kier alpha value is -1.11. The van der Waals surface area contributed by atoms with Gasteiger partial charge in [0, 0.05) is 9.79 Å². The molecule has 24 heavy (non-hydrogen) atoms. The van der Waals surface area contributed by atoms with Gasteiger partial charge in [-0.05, 0) is 24.3 Å². The van der Waals surface area contributed by atoms with E-state index in [9.17, 15) is 10.1 Å². The van der Waals surface area contributed by atoms with Gasteiger partial charge in [-0.2, -0.15) is 0 Å². The van der Waals surface area contributed by atoms with Crippen LogP contribution in [0.25, 0.3) is 0 Å². The molecule has 0 radical (unpaired) electrons. The van der Waals surface area contributed by atoms with Gasteiger partial charge in [0.05, 0.1) is 4.92 Å². The van der Waals surface area contributed by atoms with Crippen LogP contribution in [0.4, 0.5) is 0 Å². The molecule has 0 unspecified atom stereocenters. The second-order valence-electron chi connectivity index (χ2n) is 4.30. The lowest BCUT2D eigenvalue weighted by atomic mass is 10.4. The number of halogens is 3. The van der Waals surface area contributed by atoms with Gasteiger partial charge < -0.3 is 0 Å². The predicted molar refractivity (Wildman–Crippen MR) is 103 cm³/mol. The Kier molecular flexibility index (Phi) is 7.52. The average Bonchev–Trinajstić information content (AvgIpc) is 2.56. The number of nitrogens with zero attached hydrogens (tertiary/aromatic N) is 1. The molecule has 0 saturated carbocycles. The molecule has 0 saturated heterocycles. The molecule has 2 aromatic rings. The highest BCUT2D eigenvalue weighted by Gasteiger charge is 2.26. The lowest BCUT2D eigenvalue weighted by Gasteiger charge is -2.09. The van der Waals surface area contributed by atoms with E-state index in [-0.39, 0.29) is 15.2 Å². The summed E-state index contributed by atoms with van der Waals surface area (Å²) in [7, 11) is 0. The fourth-order valence-electron chi connectivity index (χ4n) is 1.64. The van der Waals surface area contributed by atoms with Crippen LogP contribution < -0.4 is 0 Å². The zero-order chi connectivity index (χ0) is 17.5. The summed E-state index contributed by atoms with van der Waals surface area (Å²) in [4.78, 5) is 12.7. The van der Waals surface area contributed by atoms with E-state index in [2.05, 4.69) is 0 Å². The molecule has 0 aliphatic heterocycles. The van der Waals surface area contributed by atoms with E-state index in [1.807, 2.05) is 60.7 Å². The number of hydrogen-bond acceptors (Lipinski definition) is 4. The number of thioether (sulfide) groups is 2. The highest BCUT2D eigenvalue weighted by molar-refractivity contribution is 8.22. The van der Waals surface area contributed by atoms with Gasteiger partial charge in [-0.1, -0.05) is 94.7 Å². The maximum atomic E-state index is 11.6. The van der Waals surface area contributed by atoms with Crippen molar-refractivity contribution in [1.82, 2.24) is 0 Å². The molecule has 0 aromatic heterocycles. The molecule has 8 heteroatoms. The molecule has 0 heterocycles. The maximum absolute atomic E-state index is 11.6. The molecule has 2 aromatic carbocycles. The third-order valence-corrected chi connectivity index (χ3v) is 5.87. The summed E-state index contributed by atoms with van der Waals surface area (Å²) in [6, 6.07) is 18.6. The van der Waals surface area contributed by atoms with E-state index < -0.39 is 4.92 Å². The lowest BCUT2D eigenvalue weighted by molar-refractivity contribution is -0.419. The summed E-state index contributed by atoms with van der Waals surface area (Å²) in [6.07, 6.45) is 0. The van der Waals surface area contributed by atoms with Crippen molar-refractivity contribution in [3.8, 4) is 0 Å². The maximum Gasteiger partial charge on any atom is 0.310 e. The molecule has 0 amide bonds. The van der Waals surface area contributed by atoms with E-state index in [1.165, 1.54) is 23.5 Å². The second kappa shape index (κ2) is 9.39. The van der Waals surface area contributed by atoms with Gasteiger partial charge in [0.2, 0.25) is 0 Å². The fraction of sp³-hybridized carbons (Fsp3) is 0. The van der Waals surface area contributed by atoms with Crippen LogP contribution in [0.2, 0.25) is 0 Å². The van der Waals surface area contributed by atoms with Crippen molar-refractivity contribution in [2.45, 2.75) is 9.79 Å². The van der Waals surface area contributed by atoms with Crippen LogP contribution in [0.3, 0.4) is 0 Å². The summed E-state index contributed by atoms with van der Waals surface area (Å²) in [5.74, 6) is 0. The third-order valence-electron chi connectivity index (χ3n) is 2.66. The molecule has 3 nitrogen and oxygen atoms in total. The van der Waals surface area contributed by atoms with Crippen molar-refractivity contribution >= 4 is 58.3 Å². The van der Waals surface area contributed by atoms with Gasteiger partial charge in [0.25, 0.3) is 0 Å². The Morgan fingerprint density at radius 2 is 1.25 bits per heavy atom. The smallest absolute Gasteiger partial charge is 0.258 e. The molecular formula is C16H10Cl3NO2S2. The molecule has 0 bridgehead atoms. The summed E-state index contributed by atoms with van der Waals surface area (Å²) < 4.78 is 0.0318. The normalized spacial score (nSPS) is 10.1. The Bertz CT molecular complexity index is 733. The fourth-order valence-corrected chi connectivity index (χ4v) is 4.40. The monoisotopic (exact) mass is 417 g/mol. The van der Waals surface area contributed by atoms with Crippen LogP contribution in [-0.2, 0) is 0 Å². The standard InChI is InChI=1S/C16H10Cl3NO2S2/c17-13(15(18)19)14(20(21)22)16(23-11-7-3-1-4-8-11)24-12-9-5-2-6-10-12/h1-10H. The van der Waals surface area contributed by atoms with Crippen molar-refractivity contribution in [2.24, 2.45) is 0 Å². The van der Waals surface area contributed by atoms with Crippen molar-refractivity contribution in [2.75, 3.05) is 0 Å². The molecule has 124 valence electrons. The summed E-state index contributed by atoms with van der Waals surface area (Å²) in [5.41, 5.74) is -0.320. The quantitative estimate of drug-likeness (QED) is 0.221. The van der Waals surface area contributed by atoms with Crippen LogP contribution in [0.1, 0.15) is 0 Å². The van der Waals surface area contributed by atoms with Gasteiger partial charge in [-0.25, -0.2) is 0 Å². The highest BCUT2D eigenvalue weighted by Crippen LogP contribution is 2.44. The number of benzene rings is 2. The van der Waals surface area contributed by atoms with E-state index in [0.29, 0.717) is 4.24 Å². The Labute approximate surface area is 162 Å². The van der Waals surface area contributed by atoms with Crippen molar-refractivity contribution in [3.63, 3.8) is 0 Å². The van der Waals surface area contributed by atoms with Crippen LogP contribution in [0.15, 0.2) is 89.9 Å². The summed E-state index contributed by atoms with van der Waals surface area (Å²) in [6.45, 7) is 0. The third kappa shape index (κ3) is 5.46. The van der Waals surface area contributed by atoms with E-state index >= 15 is 0 Å². The molecule has 0 aliphatic rings. The van der Waals surface area contributed by atoms with Crippen LogP contribution in [0, 0.1) is 10.1 Å². The zero-order valence-electron chi connectivity index (χ0n) is 12.0. The first-order valence-electron chi connectivity index (χ1n) is 6.54. The Morgan fingerprint density at radius 3 is 1.58 bits per heavy atom. The topological polar surface area (TPSA) is 43.1 Å². The zero-order valence-corrected chi connectivity index (χ0v) is 15.9. The van der Waals surface area contributed by atoms with Gasteiger partial charge in [0.1, 0.15) is 8.73 Å². The summed E-state index contributed by atoms with van der Waals surface area (Å²) in [5, 5.41) is 11.3. The molecule has 0 atom stereocenters. The predicted octanol–water partition coefficient (Wildman–Crippen LogP) is 6.90. The van der Waals surface area contributed by atoms with Crippen molar-refractivity contribution in [3.05, 3.63) is 90.2 Å². The van der Waals surface area contributed by atoms with Crippen LogP contribution in [-0.4, -0.2) is 4.92 Å². The molecular weight excluding hydrogens is 409 g/mol. The largest absolute Gasteiger partial charge is 0.310 e. The SMILES string of the molecule is O=[N+]([O-])C(=C(Sc1ccccc1)Sc1ccccc1)C(Cl)=C(Cl)Cl. The molecule has 2 rings (SSSR count). The Morgan fingerprint density at radius 1 is 0.833 bits per heavy atom. The van der Waals surface area contributed by atoms with Crippen molar-refractivity contribution < 1.29 is 4.92 Å². The first-order chi connectivity index (χ1) is 11.5. The van der Waals surface area contributed by atoms with E-state index in [0.717, 1.165) is 9.79 Å². The Balaban J connectivity index is 2.53. The minimum absolute atomic E-state index is 0.287. The molecule has 0 spiro atoms. The number of allylic oxidation sites excluding steroid dienone is 1. The highest BCUT2D eigenvalue weighted by atomic mass is 35.5. The molecule has 0 fully saturated rings. The van der Waals surface area contributed by atoms with Crippen LogP contribution >= 0.6 is 58.3 Å². The minimum Gasteiger partial charge on any atom is -0.258 e. The molecule has 0 N–H and O–H groups in total. The lowest BCUT2D eigenvalue weighted by Crippen LogP contribution is -2.02.